The van der Waals surface area contributed by atoms with E-state index in [1.165, 1.54) is 4.31 Å². The van der Waals surface area contributed by atoms with E-state index in [0.717, 1.165) is 5.56 Å². The van der Waals surface area contributed by atoms with Crippen LogP contribution in [0.3, 0.4) is 0 Å². The standard InChI is InChI=1S/C15H16N2O2S/c1-4-11-17(5-2)20(18,19)14-9-8-12(3)15-13(14)7-6-10-16-15/h1,6-10H,5,11H2,2-3H3. The number of benzene rings is 1. The van der Waals surface area contributed by atoms with Gasteiger partial charge in [-0.25, -0.2) is 8.42 Å². The van der Waals surface area contributed by atoms with Gasteiger partial charge in [-0.2, -0.15) is 4.31 Å². The van der Waals surface area contributed by atoms with Crippen LogP contribution in [0.15, 0.2) is 35.4 Å². The maximum atomic E-state index is 12.7. The van der Waals surface area contributed by atoms with Crippen molar-refractivity contribution in [2.75, 3.05) is 13.1 Å². The molecule has 0 amide bonds. The third-order valence-electron chi connectivity index (χ3n) is 3.17. The van der Waals surface area contributed by atoms with E-state index in [1.807, 2.05) is 6.92 Å². The summed E-state index contributed by atoms with van der Waals surface area (Å²) in [4.78, 5) is 4.52. The predicted molar refractivity (Wildman–Crippen MR) is 79.7 cm³/mol. The van der Waals surface area contributed by atoms with Gasteiger partial charge in [0.2, 0.25) is 10.0 Å². The molecule has 20 heavy (non-hydrogen) atoms. The van der Waals surface area contributed by atoms with Crippen LogP contribution < -0.4 is 0 Å². The smallest absolute Gasteiger partial charge is 0.244 e. The third kappa shape index (κ3) is 2.40. The van der Waals surface area contributed by atoms with Gasteiger partial charge in [0, 0.05) is 18.1 Å². The van der Waals surface area contributed by atoms with Crippen molar-refractivity contribution in [1.82, 2.24) is 9.29 Å². The number of pyridine rings is 1. The first-order valence-corrected chi connectivity index (χ1v) is 7.74. The molecule has 1 aromatic carbocycles. The van der Waals surface area contributed by atoms with E-state index in [4.69, 9.17) is 6.42 Å². The summed E-state index contributed by atoms with van der Waals surface area (Å²) in [5.74, 6) is 2.39. The zero-order valence-electron chi connectivity index (χ0n) is 11.5. The molecule has 0 fully saturated rings. The molecule has 5 heteroatoms. The van der Waals surface area contributed by atoms with Crippen LogP contribution in [0.4, 0.5) is 0 Å². The van der Waals surface area contributed by atoms with Gasteiger partial charge in [-0.3, -0.25) is 4.98 Å². The average Bonchev–Trinajstić information content (AvgIpc) is 2.45. The number of aryl methyl sites for hydroxylation is 1. The minimum atomic E-state index is -3.61. The second-order valence-electron chi connectivity index (χ2n) is 4.42. The first-order valence-electron chi connectivity index (χ1n) is 6.30. The number of hydrogen-bond acceptors (Lipinski definition) is 3. The lowest BCUT2D eigenvalue weighted by molar-refractivity contribution is 0.465. The van der Waals surface area contributed by atoms with Gasteiger partial charge in [-0.1, -0.05) is 18.9 Å². The van der Waals surface area contributed by atoms with Crippen molar-refractivity contribution in [3.8, 4) is 12.3 Å². The van der Waals surface area contributed by atoms with E-state index in [1.54, 1.807) is 37.4 Å². The third-order valence-corrected chi connectivity index (χ3v) is 5.15. The van der Waals surface area contributed by atoms with Crippen molar-refractivity contribution >= 4 is 20.9 Å². The number of nitrogens with zero attached hydrogens (tertiary/aromatic N) is 2. The first-order chi connectivity index (χ1) is 9.52. The summed E-state index contributed by atoms with van der Waals surface area (Å²) in [5, 5.41) is 0.628. The van der Waals surface area contributed by atoms with E-state index in [2.05, 4.69) is 10.9 Å². The molecule has 0 aliphatic carbocycles. The van der Waals surface area contributed by atoms with E-state index < -0.39 is 10.0 Å². The molecule has 0 spiro atoms. The Morgan fingerprint density at radius 1 is 1.35 bits per heavy atom. The summed E-state index contributed by atoms with van der Waals surface area (Å²) >= 11 is 0. The molecule has 0 saturated heterocycles. The second kappa shape index (κ2) is 5.61. The summed E-state index contributed by atoms with van der Waals surface area (Å²) in [5.41, 5.74) is 1.64. The van der Waals surface area contributed by atoms with Gasteiger partial charge in [0.05, 0.1) is 17.0 Å². The Balaban J connectivity index is 2.70. The zero-order valence-corrected chi connectivity index (χ0v) is 12.3. The minimum Gasteiger partial charge on any atom is -0.256 e. The average molecular weight is 288 g/mol. The molecular formula is C15H16N2O2S. The SMILES string of the molecule is C#CCN(CC)S(=O)(=O)c1ccc(C)c2ncccc12. The van der Waals surface area contributed by atoms with Gasteiger partial charge < -0.3 is 0 Å². The van der Waals surface area contributed by atoms with Gasteiger partial charge in [0.1, 0.15) is 0 Å². The van der Waals surface area contributed by atoms with E-state index in [9.17, 15) is 8.42 Å². The molecule has 104 valence electrons. The van der Waals surface area contributed by atoms with Crippen molar-refractivity contribution in [2.45, 2.75) is 18.7 Å². The molecule has 0 bridgehead atoms. The Labute approximate surface area is 119 Å². The highest BCUT2D eigenvalue weighted by atomic mass is 32.2. The van der Waals surface area contributed by atoms with Gasteiger partial charge in [0.15, 0.2) is 0 Å². The molecule has 2 rings (SSSR count). The van der Waals surface area contributed by atoms with Crippen LogP contribution in [0.5, 0.6) is 0 Å². The van der Waals surface area contributed by atoms with Gasteiger partial charge in [0.25, 0.3) is 0 Å². The number of hydrogen-bond donors (Lipinski definition) is 0. The summed E-state index contributed by atoms with van der Waals surface area (Å²) in [6.07, 6.45) is 6.91. The van der Waals surface area contributed by atoms with Gasteiger partial charge in [-0.15, -0.1) is 6.42 Å². The predicted octanol–water partition coefficient (Wildman–Crippen LogP) is 2.19. The summed E-state index contributed by atoms with van der Waals surface area (Å²) in [6, 6.07) is 6.89. The Morgan fingerprint density at radius 2 is 2.10 bits per heavy atom. The lowest BCUT2D eigenvalue weighted by Gasteiger charge is -2.19. The molecule has 0 atom stereocenters. The van der Waals surface area contributed by atoms with Crippen LogP contribution in [-0.2, 0) is 10.0 Å². The fourth-order valence-corrected chi connectivity index (χ4v) is 3.67. The number of fused-ring (bicyclic) bond motifs is 1. The fraction of sp³-hybridized carbons (Fsp3) is 0.267. The highest BCUT2D eigenvalue weighted by Gasteiger charge is 2.24. The summed E-state index contributed by atoms with van der Waals surface area (Å²) in [7, 11) is -3.61. The molecule has 2 aromatic rings. The normalized spacial score (nSPS) is 11.7. The minimum absolute atomic E-state index is 0.0640. The van der Waals surface area contributed by atoms with Crippen molar-refractivity contribution in [3.63, 3.8) is 0 Å². The largest absolute Gasteiger partial charge is 0.256 e. The lowest BCUT2D eigenvalue weighted by Crippen LogP contribution is -2.31. The first kappa shape index (κ1) is 14.5. The Bertz CT molecular complexity index is 776. The number of sulfonamides is 1. The van der Waals surface area contributed by atoms with Crippen molar-refractivity contribution in [1.29, 1.82) is 0 Å². The fourth-order valence-electron chi connectivity index (χ4n) is 2.12. The molecule has 0 aliphatic rings. The molecule has 0 aliphatic heterocycles. The van der Waals surface area contributed by atoms with Crippen LogP contribution in [-0.4, -0.2) is 30.8 Å². The monoisotopic (exact) mass is 288 g/mol. The molecule has 0 saturated carbocycles. The van der Waals surface area contributed by atoms with E-state index >= 15 is 0 Å². The van der Waals surface area contributed by atoms with Crippen molar-refractivity contribution < 1.29 is 8.42 Å². The second-order valence-corrected chi connectivity index (χ2v) is 6.32. The summed E-state index contributed by atoms with van der Waals surface area (Å²) in [6.45, 7) is 4.07. The quantitative estimate of drug-likeness (QED) is 0.810. The van der Waals surface area contributed by atoms with Crippen LogP contribution >= 0.6 is 0 Å². The van der Waals surface area contributed by atoms with E-state index in [0.29, 0.717) is 17.4 Å². The van der Waals surface area contributed by atoms with Crippen LogP contribution in [0.1, 0.15) is 12.5 Å². The number of aromatic nitrogens is 1. The van der Waals surface area contributed by atoms with Gasteiger partial charge >= 0.3 is 0 Å². The molecule has 1 aromatic heterocycles. The molecule has 4 nitrogen and oxygen atoms in total. The zero-order chi connectivity index (χ0) is 14.8. The number of rotatable bonds is 4. The van der Waals surface area contributed by atoms with Crippen molar-refractivity contribution in [2.24, 2.45) is 0 Å². The van der Waals surface area contributed by atoms with Crippen LogP contribution in [0.25, 0.3) is 10.9 Å². The van der Waals surface area contributed by atoms with Crippen molar-refractivity contribution in [3.05, 3.63) is 36.0 Å². The molecule has 1 heterocycles. The van der Waals surface area contributed by atoms with Crippen LogP contribution in [0.2, 0.25) is 0 Å². The Hall–Kier alpha value is -1.90. The Morgan fingerprint density at radius 3 is 2.75 bits per heavy atom. The summed E-state index contributed by atoms with van der Waals surface area (Å²) < 4.78 is 26.6. The van der Waals surface area contributed by atoms with Crippen LogP contribution in [0, 0.1) is 19.3 Å². The molecule has 0 N–H and O–H groups in total. The maximum Gasteiger partial charge on any atom is 0.244 e. The maximum absolute atomic E-state index is 12.7. The highest BCUT2D eigenvalue weighted by Crippen LogP contribution is 2.26. The topological polar surface area (TPSA) is 50.3 Å². The van der Waals surface area contributed by atoms with Gasteiger partial charge in [-0.05, 0) is 30.7 Å². The highest BCUT2D eigenvalue weighted by molar-refractivity contribution is 7.89. The molecule has 0 radical (unpaired) electrons. The van der Waals surface area contributed by atoms with E-state index in [-0.39, 0.29) is 11.4 Å². The molecule has 0 unspecified atom stereocenters. The lowest BCUT2D eigenvalue weighted by atomic mass is 10.1. The Kier molecular flexibility index (Phi) is 4.07. The molecular weight excluding hydrogens is 272 g/mol. The number of terminal acetylenes is 1.